The molecule has 0 N–H and O–H groups in total. The maximum Gasteiger partial charge on any atom is 0.169 e. The molecule has 2 nitrogen and oxygen atoms in total. The van der Waals surface area contributed by atoms with Crippen molar-refractivity contribution in [3.8, 4) is 0 Å². The minimum absolute atomic E-state index is 0.244. The van der Waals surface area contributed by atoms with Gasteiger partial charge in [-0.15, -0.1) is 11.3 Å². The molecule has 0 spiro atoms. The van der Waals surface area contributed by atoms with Crippen molar-refractivity contribution in [2.24, 2.45) is 0 Å². The highest BCUT2D eigenvalue weighted by atomic mass is 79.9. The Morgan fingerprint density at radius 1 is 1.47 bits per heavy atom. The zero-order valence-electron chi connectivity index (χ0n) is 10.0. The number of rotatable bonds is 4. The Morgan fingerprint density at radius 2 is 2.18 bits per heavy atom. The van der Waals surface area contributed by atoms with Crippen LogP contribution in [0.2, 0.25) is 0 Å². The number of ether oxygens (including phenoxy) is 1. The second-order valence-corrected chi connectivity index (χ2v) is 6.50. The molecular formula is C13H17BrO2S. The molecule has 17 heavy (non-hydrogen) atoms. The van der Waals surface area contributed by atoms with E-state index in [9.17, 15) is 4.79 Å². The normalized spacial score (nSPS) is 19.2. The van der Waals surface area contributed by atoms with Gasteiger partial charge in [0.05, 0.1) is 0 Å². The first-order chi connectivity index (χ1) is 8.16. The lowest BCUT2D eigenvalue weighted by Crippen LogP contribution is -2.43. The molecule has 1 fully saturated rings. The van der Waals surface area contributed by atoms with Gasteiger partial charge in [0.2, 0.25) is 0 Å². The number of hydrogen-bond acceptors (Lipinski definition) is 3. The van der Waals surface area contributed by atoms with E-state index in [0.717, 1.165) is 35.0 Å². The zero-order chi connectivity index (χ0) is 12.3. The summed E-state index contributed by atoms with van der Waals surface area (Å²) in [5, 5.41) is 2.02. The van der Waals surface area contributed by atoms with Gasteiger partial charge in [-0.1, -0.05) is 19.3 Å². The van der Waals surface area contributed by atoms with Gasteiger partial charge in [0.15, 0.2) is 5.78 Å². The van der Waals surface area contributed by atoms with Crippen molar-refractivity contribution >= 4 is 33.0 Å². The monoisotopic (exact) mass is 316 g/mol. The second kappa shape index (κ2) is 5.63. The van der Waals surface area contributed by atoms with Crippen LogP contribution in [0.5, 0.6) is 0 Å². The molecule has 1 aliphatic rings. The van der Waals surface area contributed by atoms with Crippen LogP contribution in [0.15, 0.2) is 15.9 Å². The lowest BCUT2D eigenvalue weighted by molar-refractivity contribution is -0.144. The molecule has 2 rings (SSSR count). The lowest BCUT2D eigenvalue weighted by Gasteiger charge is -2.34. The van der Waals surface area contributed by atoms with Gasteiger partial charge in [0.25, 0.3) is 0 Å². The highest BCUT2D eigenvalue weighted by Crippen LogP contribution is 2.33. The number of carbonyl (C=O) groups excluding carboxylic acids is 1. The smallest absolute Gasteiger partial charge is 0.169 e. The molecule has 1 heterocycles. The average Bonchev–Trinajstić information content (AvgIpc) is 2.75. The van der Waals surface area contributed by atoms with Crippen molar-refractivity contribution < 1.29 is 9.53 Å². The van der Waals surface area contributed by atoms with Gasteiger partial charge in [0, 0.05) is 28.3 Å². The highest BCUT2D eigenvalue weighted by molar-refractivity contribution is 9.10. The predicted octanol–water partition coefficient (Wildman–Crippen LogP) is 3.97. The van der Waals surface area contributed by atoms with Crippen molar-refractivity contribution in [2.45, 2.75) is 44.1 Å². The summed E-state index contributed by atoms with van der Waals surface area (Å²) in [7, 11) is 1.67. The van der Waals surface area contributed by atoms with Crippen LogP contribution in [0, 0.1) is 0 Å². The molecule has 4 heteroatoms. The standard InChI is InChI=1S/C13H17BrO2S/c1-16-13(5-3-2-4-6-13)12(15)8-11-7-10(14)9-17-11/h7,9H,2-6,8H2,1H3. The van der Waals surface area contributed by atoms with Gasteiger partial charge in [-0.2, -0.15) is 0 Å². The summed E-state index contributed by atoms with van der Waals surface area (Å²) in [5.41, 5.74) is -0.505. The first-order valence-electron chi connectivity index (χ1n) is 5.98. The number of ketones is 1. The molecule has 0 bridgehead atoms. The van der Waals surface area contributed by atoms with E-state index in [-0.39, 0.29) is 5.78 Å². The molecule has 94 valence electrons. The molecule has 1 aromatic heterocycles. The van der Waals surface area contributed by atoms with E-state index < -0.39 is 5.60 Å². The fourth-order valence-corrected chi connectivity index (χ4v) is 3.94. The van der Waals surface area contributed by atoms with Gasteiger partial charge < -0.3 is 4.74 Å². The van der Waals surface area contributed by atoms with Gasteiger partial charge in [-0.05, 0) is 34.8 Å². The number of halogens is 1. The molecule has 0 amide bonds. The van der Waals surface area contributed by atoms with Crippen LogP contribution in [0.3, 0.4) is 0 Å². The molecule has 1 saturated carbocycles. The number of carbonyl (C=O) groups is 1. The van der Waals surface area contributed by atoms with Crippen LogP contribution < -0.4 is 0 Å². The largest absolute Gasteiger partial charge is 0.370 e. The summed E-state index contributed by atoms with van der Waals surface area (Å²) in [6.07, 6.45) is 5.71. The van der Waals surface area contributed by atoms with Crippen LogP contribution in [0.4, 0.5) is 0 Å². The Kier molecular flexibility index (Phi) is 4.39. The van der Waals surface area contributed by atoms with Crippen LogP contribution in [0.25, 0.3) is 0 Å². The molecule has 0 unspecified atom stereocenters. The van der Waals surface area contributed by atoms with Crippen molar-refractivity contribution in [1.82, 2.24) is 0 Å². The third-order valence-electron chi connectivity index (χ3n) is 3.52. The van der Waals surface area contributed by atoms with Gasteiger partial charge in [-0.3, -0.25) is 4.79 Å². The van der Waals surface area contributed by atoms with E-state index in [1.807, 2.05) is 11.4 Å². The highest BCUT2D eigenvalue weighted by Gasteiger charge is 2.38. The van der Waals surface area contributed by atoms with E-state index >= 15 is 0 Å². The number of methoxy groups -OCH3 is 1. The van der Waals surface area contributed by atoms with Crippen LogP contribution >= 0.6 is 27.3 Å². The van der Waals surface area contributed by atoms with Crippen LogP contribution in [-0.4, -0.2) is 18.5 Å². The molecule has 0 atom stereocenters. The summed E-state index contributed by atoms with van der Waals surface area (Å²) in [5.74, 6) is 0.244. The Hall–Kier alpha value is -0.190. The van der Waals surface area contributed by atoms with Crippen molar-refractivity contribution in [3.05, 3.63) is 20.8 Å². The topological polar surface area (TPSA) is 26.3 Å². The SMILES string of the molecule is COC1(C(=O)Cc2cc(Br)cs2)CCCCC1. The maximum atomic E-state index is 12.4. The van der Waals surface area contributed by atoms with Crippen molar-refractivity contribution in [2.75, 3.05) is 7.11 Å². The lowest BCUT2D eigenvalue weighted by atomic mass is 9.80. The molecule has 1 aliphatic carbocycles. The van der Waals surface area contributed by atoms with Gasteiger partial charge in [0.1, 0.15) is 5.60 Å². The Bertz CT molecular complexity index is 394. The van der Waals surface area contributed by atoms with Crippen LogP contribution in [0.1, 0.15) is 37.0 Å². The Labute approximate surface area is 114 Å². The fraction of sp³-hybridized carbons (Fsp3) is 0.615. The van der Waals surface area contributed by atoms with E-state index in [1.165, 1.54) is 6.42 Å². The first-order valence-corrected chi connectivity index (χ1v) is 7.65. The summed E-state index contributed by atoms with van der Waals surface area (Å²) < 4.78 is 6.62. The fourth-order valence-electron chi connectivity index (χ4n) is 2.49. The molecule has 1 aromatic rings. The quantitative estimate of drug-likeness (QED) is 0.840. The average molecular weight is 317 g/mol. The van der Waals surface area contributed by atoms with E-state index in [2.05, 4.69) is 15.9 Å². The molecule has 0 aromatic carbocycles. The minimum atomic E-state index is -0.505. The third-order valence-corrected chi connectivity index (χ3v) is 5.21. The maximum absolute atomic E-state index is 12.4. The molecule has 0 radical (unpaired) electrons. The Balaban J connectivity index is 2.07. The number of Topliss-reactive ketones (excluding diaryl/α,β-unsaturated/α-hetero) is 1. The predicted molar refractivity (Wildman–Crippen MR) is 73.6 cm³/mol. The second-order valence-electron chi connectivity index (χ2n) is 4.59. The van der Waals surface area contributed by atoms with Gasteiger partial charge in [-0.25, -0.2) is 0 Å². The van der Waals surface area contributed by atoms with Gasteiger partial charge >= 0.3 is 0 Å². The number of thiophene rings is 1. The summed E-state index contributed by atoms with van der Waals surface area (Å²) in [4.78, 5) is 13.5. The van der Waals surface area contributed by atoms with E-state index in [4.69, 9.17) is 4.74 Å². The Morgan fingerprint density at radius 3 is 2.71 bits per heavy atom. The van der Waals surface area contributed by atoms with E-state index in [0.29, 0.717) is 6.42 Å². The first kappa shape index (κ1) is 13.2. The molecule has 0 aliphatic heterocycles. The molecule has 0 saturated heterocycles. The zero-order valence-corrected chi connectivity index (χ0v) is 12.4. The third kappa shape index (κ3) is 2.98. The summed E-state index contributed by atoms with van der Waals surface area (Å²) >= 11 is 5.04. The molecular weight excluding hydrogens is 300 g/mol. The number of hydrogen-bond donors (Lipinski definition) is 0. The van der Waals surface area contributed by atoms with Crippen LogP contribution in [-0.2, 0) is 16.0 Å². The van der Waals surface area contributed by atoms with Crippen molar-refractivity contribution in [3.63, 3.8) is 0 Å². The summed E-state index contributed by atoms with van der Waals surface area (Å²) in [6.45, 7) is 0. The van der Waals surface area contributed by atoms with Crippen molar-refractivity contribution in [1.29, 1.82) is 0 Å². The van der Waals surface area contributed by atoms with E-state index in [1.54, 1.807) is 18.4 Å². The summed E-state index contributed by atoms with van der Waals surface area (Å²) in [6, 6.07) is 2.02. The minimum Gasteiger partial charge on any atom is -0.370 e.